The summed E-state index contributed by atoms with van der Waals surface area (Å²) >= 11 is 0. The molecule has 0 saturated carbocycles. The van der Waals surface area contributed by atoms with Crippen LogP contribution in [0.3, 0.4) is 0 Å². The minimum absolute atomic E-state index is 0.00297. The molecule has 0 aromatic carbocycles. The Hall–Kier alpha value is -3.40. The minimum Gasteiger partial charge on any atom is -0.462 e. The molecule has 1 saturated heterocycles. The number of hydrogen-bond donors (Lipinski definition) is 0. The molecule has 68 heavy (non-hydrogen) atoms. The van der Waals surface area contributed by atoms with Gasteiger partial charge in [-0.05, 0) is 129 Å². The van der Waals surface area contributed by atoms with E-state index in [4.69, 9.17) is 23.7 Å². The molecular formula is C58H101NO9. The summed E-state index contributed by atoms with van der Waals surface area (Å²) in [5.74, 6) is -1.24. The van der Waals surface area contributed by atoms with Crippen molar-refractivity contribution in [3.8, 4) is 0 Å². The van der Waals surface area contributed by atoms with Crippen molar-refractivity contribution in [2.24, 2.45) is 0 Å². The van der Waals surface area contributed by atoms with Crippen LogP contribution < -0.4 is 0 Å². The molecule has 0 amide bonds. The summed E-state index contributed by atoms with van der Waals surface area (Å²) in [6.45, 7) is 9.61. The number of hydrogen-bond acceptors (Lipinski definition) is 10. The zero-order valence-corrected chi connectivity index (χ0v) is 43.9. The summed E-state index contributed by atoms with van der Waals surface area (Å²) in [6.07, 6.45) is 50.1. The molecule has 0 bridgehead atoms. The third-order valence-corrected chi connectivity index (χ3v) is 12.4. The highest BCUT2D eigenvalue weighted by Gasteiger charge is 2.23. The molecule has 392 valence electrons. The number of allylic oxidation sites excluding steroid dienone is 8. The highest BCUT2D eigenvalue weighted by atomic mass is 16.7. The van der Waals surface area contributed by atoms with Crippen LogP contribution in [0.5, 0.6) is 0 Å². The van der Waals surface area contributed by atoms with E-state index < -0.39 is 24.3 Å². The fraction of sp³-hybridized carbons (Fsp3) is 0.793. The summed E-state index contributed by atoms with van der Waals surface area (Å²) in [5, 5.41) is 0. The number of piperidine rings is 1. The van der Waals surface area contributed by atoms with Gasteiger partial charge in [0.2, 0.25) is 0 Å². The first-order valence-corrected chi connectivity index (χ1v) is 28.0. The Morgan fingerprint density at radius 2 is 0.882 bits per heavy atom. The van der Waals surface area contributed by atoms with Gasteiger partial charge in [0.05, 0.1) is 6.61 Å². The summed E-state index contributed by atoms with van der Waals surface area (Å²) in [6, 6.07) is 0. The number of rotatable bonds is 46. The molecule has 0 aliphatic carbocycles. The van der Waals surface area contributed by atoms with Crippen molar-refractivity contribution in [3.63, 3.8) is 0 Å². The molecule has 10 nitrogen and oxygen atoms in total. The van der Waals surface area contributed by atoms with Crippen LogP contribution >= 0.6 is 0 Å². The van der Waals surface area contributed by atoms with Crippen LogP contribution in [0.1, 0.15) is 245 Å². The number of unbranched alkanes of at least 4 members (excludes halogenated alkanes) is 19. The molecule has 1 aliphatic rings. The monoisotopic (exact) mass is 956 g/mol. The van der Waals surface area contributed by atoms with Crippen molar-refractivity contribution >= 4 is 24.1 Å². The third-order valence-electron chi connectivity index (χ3n) is 12.4. The van der Waals surface area contributed by atoms with E-state index in [0.717, 1.165) is 142 Å². The molecule has 1 aliphatic heterocycles. The molecule has 0 aromatic heterocycles. The van der Waals surface area contributed by atoms with Crippen LogP contribution in [0.2, 0.25) is 0 Å². The average Bonchev–Trinajstić information content (AvgIpc) is 3.34. The lowest BCUT2D eigenvalue weighted by atomic mass is 10.1. The van der Waals surface area contributed by atoms with Gasteiger partial charge in [0.15, 0.2) is 6.10 Å². The van der Waals surface area contributed by atoms with Crippen molar-refractivity contribution in [1.29, 1.82) is 0 Å². The lowest BCUT2D eigenvalue weighted by Crippen LogP contribution is -2.31. The highest BCUT2D eigenvalue weighted by Crippen LogP contribution is 2.17. The van der Waals surface area contributed by atoms with E-state index in [-0.39, 0.29) is 50.8 Å². The standard InChI is InChI=1S/C58H101NO9/c1-4-7-10-13-15-17-19-21-23-25-27-29-31-33-37-43-55(60)65-51-54(52-66-56(61)44-38-34-32-30-28-26-24-22-20-18-16-14-11-8-5-2)67-57(62)46-45-53(42-36-12-9-6-3)68-58(63)64-50-41-49-59-47-39-35-40-48-59/h15-18,21-24,53-54H,4-14,19-20,25-52H2,1-3H3/b17-15-,18-16-,23-21-,24-22-. The number of carbonyl (C=O) groups excluding carboxylic acids is 4. The Labute approximate surface area is 416 Å². The predicted molar refractivity (Wildman–Crippen MR) is 280 cm³/mol. The maximum atomic E-state index is 13.2. The molecule has 1 rings (SSSR count). The minimum atomic E-state index is -0.932. The van der Waals surface area contributed by atoms with E-state index in [1.165, 1.54) is 70.6 Å². The highest BCUT2D eigenvalue weighted by molar-refractivity contribution is 5.71. The molecule has 1 fully saturated rings. The average molecular weight is 956 g/mol. The lowest BCUT2D eigenvalue weighted by Gasteiger charge is -2.26. The van der Waals surface area contributed by atoms with Crippen LogP contribution in [0.4, 0.5) is 4.79 Å². The van der Waals surface area contributed by atoms with Gasteiger partial charge < -0.3 is 28.6 Å². The van der Waals surface area contributed by atoms with Gasteiger partial charge in [-0.25, -0.2) is 4.79 Å². The Bertz CT molecular complexity index is 1260. The molecule has 1 atom stereocenters. The van der Waals surface area contributed by atoms with Gasteiger partial charge in [-0.15, -0.1) is 0 Å². The fourth-order valence-corrected chi connectivity index (χ4v) is 8.18. The second-order valence-corrected chi connectivity index (χ2v) is 18.9. The quantitative estimate of drug-likeness (QED) is 0.0253. The summed E-state index contributed by atoms with van der Waals surface area (Å²) < 4.78 is 28.0. The van der Waals surface area contributed by atoms with E-state index >= 15 is 0 Å². The molecular weight excluding hydrogens is 855 g/mol. The molecule has 0 N–H and O–H groups in total. The van der Waals surface area contributed by atoms with Crippen molar-refractivity contribution in [3.05, 3.63) is 48.6 Å². The SMILES string of the molecule is CCCCC/C=C\C/C=C\CCCCCCCC(=O)OCC(COC(=O)CCCCCCC/C=C\C/C=C\CCCCC)OC(=O)CCC(CCCCCC)OC(=O)OCCCN1CCCCC1. The van der Waals surface area contributed by atoms with E-state index in [2.05, 4.69) is 74.3 Å². The summed E-state index contributed by atoms with van der Waals surface area (Å²) in [7, 11) is 0. The summed E-state index contributed by atoms with van der Waals surface area (Å²) in [5.41, 5.74) is 0. The number of carbonyl (C=O) groups is 4. The van der Waals surface area contributed by atoms with E-state index in [1.54, 1.807) is 0 Å². The number of ether oxygens (including phenoxy) is 5. The molecule has 1 unspecified atom stereocenters. The Balaban J connectivity index is 2.56. The molecule has 0 spiro atoms. The van der Waals surface area contributed by atoms with Crippen LogP contribution in [0.15, 0.2) is 48.6 Å². The van der Waals surface area contributed by atoms with E-state index in [1.807, 2.05) is 0 Å². The zero-order valence-electron chi connectivity index (χ0n) is 43.9. The van der Waals surface area contributed by atoms with Crippen LogP contribution in [0, 0.1) is 0 Å². The molecule has 0 radical (unpaired) electrons. The third kappa shape index (κ3) is 42.7. The second kappa shape index (κ2) is 48.6. The van der Waals surface area contributed by atoms with Gasteiger partial charge in [0, 0.05) is 25.8 Å². The first-order chi connectivity index (χ1) is 33.4. The topological polar surface area (TPSA) is 118 Å². The van der Waals surface area contributed by atoms with Crippen molar-refractivity contribution < 1.29 is 42.9 Å². The Morgan fingerprint density at radius 1 is 0.426 bits per heavy atom. The van der Waals surface area contributed by atoms with Crippen molar-refractivity contribution in [2.45, 2.75) is 258 Å². The van der Waals surface area contributed by atoms with E-state index in [0.29, 0.717) is 13.0 Å². The summed E-state index contributed by atoms with van der Waals surface area (Å²) in [4.78, 5) is 53.8. The van der Waals surface area contributed by atoms with Crippen molar-refractivity contribution in [2.75, 3.05) is 39.5 Å². The second-order valence-electron chi connectivity index (χ2n) is 18.9. The zero-order chi connectivity index (χ0) is 49.2. The smallest absolute Gasteiger partial charge is 0.462 e. The van der Waals surface area contributed by atoms with Gasteiger partial charge in [-0.1, -0.05) is 159 Å². The molecule has 1 heterocycles. The maximum absolute atomic E-state index is 13.2. The number of likely N-dealkylation sites (tertiary alicyclic amines) is 1. The predicted octanol–water partition coefficient (Wildman–Crippen LogP) is 15.8. The van der Waals surface area contributed by atoms with E-state index in [9.17, 15) is 19.2 Å². The first-order valence-electron chi connectivity index (χ1n) is 28.0. The first kappa shape index (κ1) is 62.6. The molecule has 0 aromatic rings. The Morgan fingerprint density at radius 3 is 1.40 bits per heavy atom. The number of nitrogens with zero attached hydrogens (tertiary/aromatic N) is 1. The van der Waals surface area contributed by atoms with Gasteiger partial charge >= 0.3 is 24.1 Å². The van der Waals surface area contributed by atoms with Crippen LogP contribution in [-0.4, -0.2) is 80.6 Å². The maximum Gasteiger partial charge on any atom is 0.508 e. The fourth-order valence-electron chi connectivity index (χ4n) is 8.18. The molecule has 10 heteroatoms. The van der Waals surface area contributed by atoms with Crippen LogP contribution in [0.25, 0.3) is 0 Å². The van der Waals surface area contributed by atoms with Gasteiger partial charge in [0.1, 0.15) is 19.3 Å². The Kier molecular flexibility index (Phi) is 44.8. The van der Waals surface area contributed by atoms with Gasteiger partial charge in [-0.3, -0.25) is 14.4 Å². The number of esters is 3. The largest absolute Gasteiger partial charge is 0.508 e. The van der Waals surface area contributed by atoms with Gasteiger partial charge in [-0.2, -0.15) is 0 Å². The van der Waals surface area contributed by atoms with Crippen molar-refractivity contribution in [1.82, 2.24) is 4.90 Å². The lowest BCUT2D eigenvalue weighted by molar-refractivity contribution is -0.167. The normalized spacial score (nSPS) is 13.9. The van der Waals surface area contributed by atoms with Crippen LogP contribution in [-0.2, 0) is 38.1 Å². The van der Waals surface area contributed by atoms with Gasteiger partial charge in [0.25, 0.3) is 0 Å².